The summed E-state index contributed by atoms with van der Waals surface area (Å²) in [6, 6.07) is 7.45. The van der Waals surface area contributed by atoms with Crippen molar-refractivity contribution in [1.29, 1.82) is 0 Å². The average Bonchev–Trinajstić information content (AvgIpc) is 2.17. The molecule has 0 saturated heterocycles. The molecular weight excluding hydrogens is 245 g/mol. The molecule has 3 nitrogen and oxygen atoms in total. The van der Waals surface area contributed by atoms with Gasteiger partial charge in [-0.3, -0.25) is 0 Å². The number of benzene rings is 1. The number of hydrogen-bond acceptors (Lipinski definition) is 3. The molecule has 7 heteroatoms. The van der Waals surface area contributed by atoms with Crippen LogP contribution in [-0.2, 0) is 9.84 Å². The first-order chi connectivity index (χ1) is 7.25. The number of halogens is 3. The van der Waals surface area contributed by atoms with E-state index in [-0.39, 0.29) is 5.75 Å². The minimum Gasteiger partial charge on any atom is -0.475 e. The van der Waals surface area contributed by atoms with Crippen LogP contribution in [0.5, 0.6) is 5.75 Å². The van der Waals surface area contributed by atoms with Crippen LogP contribution < -0.4 is 4.74 Å². The lowest BCUT2D eigenvalue weighted by atomic mass is 10.3. The van der Waals surface area contributed by atoms with E-state index in [1.165, 1.54) is 24.3 Å². The van der Waals surface area contributed by atoms with Crippen molar-refractivity contribution in [2.45, 2.75) is 17.9 Å². The third kappa shape index (κ3) is 2.66. The van der Waals surface area contributed by atoms with Crippen LogP contribution in [0, 0.1) is 0 Å². The van der Waals surface area contributed by atoms with Gasteiger partial charge in [0.2, 0.25) is 5.44 Å². The fourth-order valence-corrected chi connectivity index (χ4v) is 1.56. The van der Waals surface area contributed by atoms with Crippen molar-refractivity contribution in [3.63, 3.8) is 0 Å². The minimum absolute atomic E-state index is 0.0721. The molecule has 1 atom stereocenters. The lowest BCUT2D eigenvalue weighted by molar-refractivity contribution is -0.0465. The Labute approximate surface area is 90.8 Å². The first-order valence-corrected chi connectivity index (χ1v) is 5.81. The largest absolute Gasteiger partial charge is 0.501 e. The van der Waals surface area contributed by atoms with Gasteiger partial charge in [0.05, 0.1) is 0 Å². The highest BCUT2D eigenvalue weighted by molar-refractivity contribution is 7.92. The van der Waals surface area contributed by atoms with Crippen molar-refractivity contribution in [1.82, 2.24) is 0 Å². The van der Waals surface area contributed by atoms with Crippen molar-refractivity contribution in [2.24, 2.45) is 0 Å². The lowest BCUT2D eigenvalue weighted by Crippen LogP contribution is -2.35. The van der Waals surface area contributed by atoms with Crippen LogP contribution in [0.2, 0.25) is 0 Å². The molecule has 16 heavy (non-hydrogen) atoms. The molecule has 1 unspecified atom stereocenters. The van der Waals surface area contributed by atoms with Crippen LogP contribution >= 0.6 is 0 Å². The van der Waals surface area contributed by atoms with E-state index in [4.69, 9.17) is 4.74 Å². The van der Waals surface area contributed by atoms with E-state index in [1.807, 2.05) is 0 Å². The molecule has 0 aliphatic heterocycles. The SMILES string of the molecule is CC(Oc1ccccc1)S(=O)(=O)C(F)(F)F. The van der Waals surface area contributed by atoms with Gasteiger partial charge in [-0.1, -0.05) is 18.2 Å². The normalized spacial score (nSPS) is 14.5. The molecular formula is C9H9F3O3S. The Morgan fingerprint density at radius 3 is 2.12 bits per heavy atom. The van der Waals surface area contributed by atoms with Crippen molar-refractivity contribution in [3.8, 4) is 5.75 Å². The maximum absolute atomic E-state index is 12.1. The molecule has 1 rings (SSSR count). The average molecular weight is 254 g/mol. The Kier molecular flexibility index (Phi) is 3.47. The maximum Gasteiger partial charge on any atom is 0.501 e. The van der Waals surface area contributed by atoms with Crippen LogP contribution in [-0.4, -0.2) is 19.4 Å². The molecule has 1 aromatic carbocycles. The number of ether oxygens (including phenoxy) is 1. The molecule has 0 aliphatic carbocycles. The standard InChI is InChI=1S/C9H9F3O3S/c1-7(16(13,14)9(10,11)12)15-8-5-3-2-4-6-8/h2-7H,1H3. The summed E-state index contributed by atoms with van der Waals surface area (Å²) in [6.45, 7) is 0.843. The summed E-state index contributed by atoms with van der Waals surface area (Å²) < 4.78 is 62.9. The molecule has 90 valence electrons. The quantitative estimate of drug-likeness (QED) is 0.831. The maximum atomic E-state index is 12.1. The second kappa shape index (κ2) is 4.32. The van der Waals surface area contributed by atoms with Crippen molar-refractivity contribution >= 4 is 9.84 Å². The first kappa shape index (κ1) is 12.8. The van der Waals surface area contributed by atoms with Crippen LogP contribution in [0.4, 0.5) is 13.2 Å². The summed E-state index contributed by atoms with van der Waals surface area (Å²) in [7, 11) is -5.30. The van der Waals surface area contributed by atoms with Gasteiger partial charge in [0.1, 0.15) is 5.75 Å². The van der Waals surface area contributed by atoms with Crippen molar-refractivity contribution in [3.05, 3.63) is 30.3 Å². The first-order valence-electron chi connectivity index (χ1n) is 4.27. The number of sulfone groups is 1. The molecule has 0 spiro atoms. The van der Waals surface area contributed by atoms with Crippen LogP contribution in [0.3, 0.4) is 0 Å². The third-order valence-electron chi connectivity index (χ3n) is 1.80. The van der Waals surface area contributed by atoms with E-state index in [0.717, 1.165) is 6.92 Å². The zero-order valence-corrected chi connectivity index (χ0v) is 9.05. The van der Waals surface area contributed by atoms with Crippen LogP contribution in [0.25, 0.3) is 0 Å². The molecule has 1 aromatic rings. The highest BCUT2D eigenvalue weighted by atomic mass is 32.2. The predicted molar refractivity (Wildman–Crippen MR) is 51.5 cm³/mol. The van der Waals surface area contributed by atoms with E-state index >= 15 is 0 Å². The van der Waals surface area contributed by atoms with E-state index in [9.17, 15) is 21.6 Å². The second-order valence-corrected chi connectivity index (χ2v) is 5.21. The van der Waals surface area contributed by atoms with Crippen molar-refractivity contribution < 1.29 is 26.3 Å². The van der Waals surface area contributed by atoms with E-state index < -0.39 is 20.8 Å². The summed E-state index contributed by atoms with van der Waals surface area (Å²) >= 11 is 0. The molecule has 0 fully saturated rings. The zero-order chi connectivity index (χ0) is 12.4. The van der Waals surface area contributed by atoms with Gasteiger partial charge in [0.15, 0.2) is 0 Å². The summed E-state index contributed by atoms with van der Waals surface area (Å²) in [5.41, 5.74) is -7.27. The molecule has 0 bridgehead atoms. The van der Waals surface area contributed by atoms with E-state index in [0.29, 0.717) is 0 Å². The number of para-hydroxylation sites is 1. The Morgan fingerprint density at radius 2 is 1.69 bits per heavy atom. The van der Waals surface area contributed by atoms with Gasteiger partial charge < -0.3 is 4.74 Å². The van der Waals surface area contributed by atoms with Crippen LogP contribution in [0.15, 0.2) is 30.3 Å². The van der Waals surface area contributed by atoms with Crippen molar-refractivity contribution in [2.75, 3.05) is 0 Å². The Hall–Kier alpha value is -1.24. The molecule has 0 N–H and O–H groups in total. The molecule has 0 saturated carbocycles. The summed E-state index contributed by atoms with van der Waals surface area (Å²) in [4.78, 5) is 0. The third-order valence-corrected chi connectivity index (χ3v) is 3.42. The van der Waals surface area contributed by atoms with Gasteiger partial charge in [-0.2, -0.15) is 13.2 Å². The molecule has 0 amide bonds. The predicted octanol–water partition coefficient (Wildman–Crippen LogP) is 2.35. The Morgan fingerprint density at radius 1 is 1.19 bits per heavy atom. The highest BCUT2D eigenvalue weighted by Gasteiger charge is 2.50. The van der Waals surface area contributed by atoms with Gasteiger partial charge in [-0.25, -0.2) is 8.42 Å². The minimum atomic E-state index is -5.30. The van der Waals surface area contributed by atoms with E-state index in [2.05, 4.69) is 0 Å². The van der Waals surface area contributed by atoms with E-state index in [1.54, 1.807) is 6.07 Å². The monoisotopic (exact) mass is 254 g/mol. The van der Waals surface area contributed by atoms with Crippen LogP contribution in [0.1, 0.15) is 6.92 Å². The van der Waals surface area contributed by atoms with Gasteiger partial charge >= 0.3 is 5.51 Å². The van der Waals surface area contributed by atoms with Gasteiger partial charge in [-0.05, 0) is 19.1 Å². The fourth-order valence-electron chi connectivity index (χ4n) is 0.942. The Bertz CT molecular complexity index is 439. The number of alkyl halides is 3. The molecule has 0 aliphatic rings. The molecule has 0 aromatic heterocycles. The smallest absolute Gasteiger partial charge is 0.475 e. The van der Waals surface area contributed by atoms with Gasteiger partial charge in [0, 0.05) is 0 Å². The summed E-state index contributed by atoms with van der Waals surface area (Å²) in [6.07, 6.45) is 0. The topological polar surface area (TPSA) is 43.4 Å². The zero-order valence-electron chi connectivity index (χ0n) is 8.23. The lowest BCUT2D eigenvalue weighted by Gasteiger charge is -2.16. The Balaban J connectivity index is 2.86. The highest BCUT2D eigenvalue weighted by Crippen LogP contribution is 2.28. The summed E-state index contributed by atoms with van der Waals surface area (Å²) in [5.74, 6) is 0.0721. The molecule has 0 heterocycles. The number of rotatable bonds is 3. The fraction of sp³-hybridized carbons (Fsp3) is 0.333. The summed E-state index contributed by atoms with van der Waals surface area (Å²) in [5, 5.41) is 0. The van der Waals surface area contributed by atoms with Gasteiger partial charge in [0.25, 0.3) is 9.84 Å². The number of hydrogen-bond donors (Lipinski definition) is 0. The van der Waals surface area contributed by atoms with Gasteiger partial charge in [-0.15, -0.1) is 0 Å². The second-order valence-electron chi connectivity index (χ2n) is 2.99. The molecule has 0 radical (unpaired) electrons.